The van der Waals surface area contributed by atoms with E-state index < -0.39 is 4.92 Å². The van der Waals surface area contributed by atoms with Crippen molar-refractivity contribution in [3.63, 3.8) is 0 Å². The first-order valence-electron chi connectivity index (χ1n) is 8.82. The van der Waals surface area contributed by atoms with Gasteiger partial charge in [0.1, 0.15) is 18.6 Å². The lowest BCUT2D eigenvalue weighted by atomic mass is 10.0. The summed E-state index contributed by atoms with van der Waals surface area (Å²) in [7, 11) is 0. The van der Waals surface area contributed by atoms with Crippen LogP contribution in [0.1, 0.15) is 30.0 Å². The summed E-state index contributed by atoms with van der Waals surface area (Å²) in [5, 5.41) is 14.9. The highest BCUT2D eigenvalue weighted by molar-refractivity contribution is 7.18. The second-order valence-electron chi connectivity index (χ2n) is 6.56. The van der Waals surface area contributed by atoms with E-state index in [2.05, 4.69) is 22.4 Å². The minimum atomic E-state index is -0.409. The number of hydrogen-bond acceptors (Lipinski definition) is 6. The Morgan fingerprint density at radius 2 is 1.93 bits per heavy atom. The summed E-state index contributed by atoms with van der Waals surface area (Å²) in [6, 6.07) is 18.2. The molecule has 1 aliphatic carbocycles. The van der Waals surface area contributed by atoms with Crippen molar-refractivity contribution in [1.82, 2.24) is 4.98 Å². The van der Waals surface area contributed by atoms with Crippen LogP contribution in [0.2, 0.25) is 0 Å². The van der Waals surface area contributed by atoms with E-state index in [0.29, 0.717) is 17.7 Å². The standard InChI is InChI=1S/C20H19N3O3S/c24-23(25)18-12-21-20(27-18)22-19(15-6-7-15)16-8-10-17(11-9-16)26-13-14-4-2-1-3-5-14/h1-5,8-12,15,19H,6-7,13H2,(H,21,22). The average Bonchev–Trinajstić information content (AvgIpc) is 3.43. The van der Waals surface area contributed by atoms with Gasteiger partial charge in [0.25, 0.3) is 0 Å². The molecule has 0 aliphatic heterocycles. The van der Waals surface area contributed by atoms with Crippen LogP contribution in [-0.2, 0) is 6.61 Å². The zero-order chi connectivity index (χ0) is 18.6. The van der Waals surface area contributed by atoms with Gasteiger partial charge in [-0.05, 0) is 53.4 Å². The zero-order valence-corrected chi connectivity index (χ0v) is 15.4. The lowest BCUT2D eigenvalue weighted by Crippen LogP contribution is -2.12. The van der Waals surface area contributed by atoms with Crippen LogP contribution in [-0.4, -0.2) is 9.91 Å². The normalized spacial score (nSPS) is 14.5. The van der Waals surface area contributed by atoms with Gasteiger partial charge >= 0.3 is 5.00 Å². The van der Waals surface area contributed by atoms with Crippen LogP contribution in [0, 0.1) is 16.0 Å². The minimum absolute atomic E-state index is 0.0525. The molecule has 1 aromatic heterocycles. The number of nitrogens with one attached hydrogen (secondary N) is 1. The van der Waals surface area contributed by atoms with Crippen LogP contribution in [0.15, 0.2) is 60.8 Å². The van der Waals surface area contributed by atoms with Crippen molar-refractivity contribution in [2.45, 2.75) is 25.5 Å². The Bertz CT molecular complexity index is 908. The third kappa shape index (κ3) is 4.43. The van der Waals surface area contributed by atoms with Crippen LogP contribution in [0.25, 0.3) is 0 Å². The van der Waals surface area contributed by atoms with Gasteiger partial charge in [0, 0.05) is 0 Å². The lowest BCUT2D eigenvalue weighted by molar-refractivity contribution is -0.380. The fraction of sp³-hybridized carbons (Fsp3) is 0.250. The number of nitro groups is 1. The van der Waals surface area contributed by atoms with E-state index in [0.717, 1.165) is 41.1 Å². The predicted molar refractivity (Wildman–Crippen MR) is 105 cm³/mol. The minimum Gasteiger partial charge on any atom is -0.489 e. The van der Waals surface area contributed by atoms with E-state index >= 15 is 0 Å². The smallest absolute Gasteiger partial charge is 0.345 e. The number of benzene rings is 2. The molecule has 4 rings (SSSR count). The molecule has 0 radical (unpaired) electrons. The fourth-order valence-corrected chi connectivity index (χ4v) is 3.63. The molecule has 1 heterocycles. The third-order valence-electron chi connectivity index (χ3n) is 4.53. The molecular formula is C20H19N3O3S. The molecule has 1 atom stereocenters. The van der Waals surface area contributed by atoms with Crippen molar-refractivity contribution in [3.8, 4) is 5.75 Å². The summed E-state index contributed by atoms with van der Waals surface area (Å²) in [5.74, 6) is 1.35. The molecule has 138 valence electrons. The van der Waals surface area contributed by atoms with Gasteiger partial charge in [0.2, 0.25) is 0 Å². The quantitative estimate of drug-likeness (QED) is 0.429. The molecule has 7 heteroatoms. The number of nitrogens with zero attached hydrogens (tertiary/aromatic N) is 2. The molecule has 0 bridgehead atoms. The molecule has 0 amide bonds. The van der Waals surface area contributed by atoms with Gasteiger partial charge in [-0.25, -0.2) is 4.98 Å². The molecule has 3 aromatic rings. The van der Waals surface area contributed by atoms with Gasteiger partial charge in [-0.2, -0.15) is 0 Å². The maximum atomic E-state index is 10.9. The summed E-state index contributed by atoms with van der Waals surface area (Å²) in [6.07, 6.45) is 3.60. The number of hydrogen-bond donors (Lipinski definition) is 1. The lowest BCUT2D eigenvalue weighted by Gasteiger charge is -2.18. The SMILES string of the molecule is O=[N+]([O-])c1cnc(NC(c2ccc(OCc3ccccc3)cc2)C2CC2)s1. The molecule has 1 N–H and O–H groups in total. The number of ether oxygens (including phenoxy) is 1. The number of rotatable bonds is 8. The molecule has 6 nitrogen and oxygen atoms in total. The number of anilines is 1. The van der Waals surface area contributed by atoms with E-state index in [1.165, 1.54) is 6.20 Å². The van der Waals surface area contributed by atoms with Crippen LogP contribution in [0.3, 0.4) is 0 Å². The van der Waals surface area contributed by atoms with E-state index in [-0.39, 0.29) is 11.0 Å². The highest BCUT2D eigenvalue weighted by atomic mass is 32.1. The third-order valence-corrected chi connectivity index (χ3v) is 5.41. The summed E-state index contributed by atoms with van der Waals surface area (Å²) in [6.45, 7) is 0.535. The molecule has 0 saturated heterocycles. The molecule has 1 saturated carbocycles. The molecule has 0 spiro atoms. The van der Waals surface area contributed by atoms with Gasteiger partial charge in [-0.15, -0.1) is 0 Å². The van der Waals surface area contributed by atoms with Crippen molar-refractivity contribution in [2.24, 2.45) is 5.92 Å². The van der Waals surface area contributed by atoms with Crippen molar-refractivity contribution in [2.75, 3.05) is 5.32 Å². The topological polar surface area (TPSA) is 77.3 Å². The largest absolute Gasteiger partial charge is 0.489 e. The van der Waals surface area contributed by atoms with Gasteiger partial charge < -0.3 is 10.1 Å². The number of thiazole rings is 1. The van der Waals surface area contributed by atoms with Crippen LogP contribution in [0.4, 0.5) is 10.1 Å². The molecule has 1 unspecified atom stereocenters. The van der Waals surface area contributed by atoms with Crippen molar-refractivity contribution in [3.05, 3.63) is 82.0 Å². The first-order valence-corrected chi connectivity index (χ1v) is 9.64. The molecule has 2 aromatic carbocycles. The van der Waals surface area contributed by atoms with Crippen LogP contribution in [0.5, 0.6) is 5.75 Å². The van der Waals surface area contributed by atoms with Gasteiger partial charge in [-0.1, -0.05) is 42.5 Å². The first-order chi connectivity index (χ1) is 13.2. The highest BCUT2D eigenvalue weighted by Gasteiger charge is 2.33. The Morgan fingerprint density at radius 1 is 1.19 bits per heavy atom. The molecule has 27 heavy (non-hydrogen) atoms. The van der Waals surface area contributed by atoms with Crippen molar-refractivity contribution in [1.29, 1.82) is 0 Å². The average molecular weight is 381 g/mol. The summed E-state index contributed by atoms with van der Waals surface area (Å²) >= 11 is 1.07. The molecular weight excluding hydrogens is 362 g/mol. The monoisotopic (exact) mass is 381 g/mol. The second kappa shape index (κ2) is 7.75. The van der Waals surface area contributed by atoms with E-state index in [4.69, 9.17) is 4.74 Å². The summed E-state index contributed by atoms with van der Waals surface area (Å²) in [4.78, 5) is 14.6. The Hall–Kier alpha value is -2.93. The van der Waals surface area contributed by atoms with Crippen molar-refractivity contribution < 1.29 is 9.66 Å². The van der Waals surface area contributed by atoms with Gasteiger partial charge in [0.15, 0.2) is 5.13 Å². The first kappa shape index (κ1) is 17.5. The van der Waals surface area contributed by atoms with Crippen LogP contribution < -0.4 is 10.1 Å². The maximum absolute atomic E-state index is 10.9. The molecule has 1 aliphatic rings. The predicted octanol–water partition coefficient (Wildman–Crippen LogP) is 5.19. The van der Waals surface area contributed by atoms with E-state index in [1.807, 2.05) is 42.5 Å². The van der Waals surface area contributed by atoms with Gasteiger partial charge in [0.05, 0.1) is 11.0 Å². The maximum Gasteiger partial charge on any atom is 0.345 e. The fourth-order valence-electron chi connectivity index (χ4n) is 2.96. The Morgan fingerprint density at radius 3 is 2.56 bits per heavy atom. The number of aromatic nitrogens is 1. The highest BCUT2D eigenvalue weighted by Crippen LogP contribution is 2.44. The van der Waals surface area contributed by atoms with Crippen molar-refractivity contribution >= 4 is 21.5 Å². The second-order valence-corrected chi connectivity index (χ2v) is 7.57. The van der Waals surface area contributed by atoms with E-state index in [1.54, 1.807) is 0 Å². The Balaban J connectivity index is 1.42. The Kier molecular flexibility index (Phi) is 5.02. The van der Waals surface area contributed by atoms with Gasteiger partial charge in [-0.3, -0.25) is 10.1 Å². The zero-order valence-electron chi connectivity index (χ0n) is 14.6. The summed E-state index contributed by atoms with van der Waals surface area (Å²) in [5.41, 5.74) is 2.27. The Labute approximate surface area is 161 Å². The summed E-state index contributed by atoms with van der Waals surface area (Å²) < 4.78 is 5.85. The van der Waals surface area contributed by atoms with Crippen LogP contribution >= 0.6 is 11.3 Å². The van der Waals surface area contributed by atoms with E-state index in [9.17, 15) is 10.1 Å². The molecule has 1 fully saturated rings.